The number of ether oxygens (including phenoxy) is 4. The first kappa shape index (κ1) is 29.2. The van der Waals surface area contributed by atoms with E-state index in [1.165, 1.54) is 6.20 Å². The van der Waals surface area contributed by atoms with Crippen LogP contribution in [-0.2, 0) is 25.4 Å². The van der Waals surface area contributed by atoms with Crippen LogP contribution in [0.5, 0.6) is 0 Å². The Labute approximate surface area is 245 Å². The highest BCUT2D eigenvalue weighted by atomic mass is 16.7. The maximum absolute atomic E-state index is 13.2. The van der Waals surface area contributed by atoms with Gasteiger partial charge in [0.2, 0.25) is 0 Å². The van der Waals surface area contributed by atoms with Crippen LogP contribution >= 0.6 is 0 Å². The van der Waals surface area contributed by atoms with Crippen molar-refractivity contribution >= 4 is 17.9 Å². The molecule has 4 atom stereocenters. The number of aryl methyl sites for hydroxylation is 1. The molecular weight excluding hydrogens is 556 g/mol. The summed E-state index contributed by atoms with van der Waals surface area (Å²) in [5.41, 5.74) is -0.424. The number of carbonyl (C=O) groups is 3. The van der Waals surface area contributed by atoms with Crippen molar-refractivity contribution in [1.82, 2.24) is 9.55 Å². The molecule has 0 aliphatic carbocycles. The zero-order chi connectivity index (χ0) is 30.3. The van der Waals surface area contributed by atoms with Gasteiger partial charge in [-0.3, -0.25) is 14.3 Å². The van der Waals surface area contributed by atoms with Gasteiger partial charge in [0.15, 0.2) is 18.4 Å². The Kier molecular flexibility index (Phi) is 8.92. The van der Waals surface area contributed by atoms with Crippen molar-refractivity contribution in [2.24, 2.45) is 0 Å². The van der Waals surface area contributed by atoms with E-state index < -0.39 is 60.3 Å². The van der Waals surface area contributed by atoms with Crippen molar-refractivity contribution < 1.29 is 33.3 Å². The second kappa shape index (κ2) is 13.1. The van der Waals surface area contributed by atoms with Crippen LogP contribution in [0, 0.1) is 0 Å². The van der Waals surface area contributed by atoms with Gasteiger partial charge in [-0.15, -0.1) is 0 Å². The largest absolute Gasteiger partial charge is 0.459 e. The van der Waals surface area contributed by atoms with Crippen LogP contribution in [0.3, 0.4) is 0 Å². The molecule has 11 heteroatoms. The Morgan fingerprint density at radius 1 is 0.744 bits per heavy atom. The summed E-state index contributed by atoms with van der Waals surface area (Å²) in [5, 5.41) is 0. The van der Waals surface area contributed by atoms with Crippen LogP contribution in [0.25, 0.3) is 0 Å². The zero-order valence-corrected chi connectivity index (χ0v) is 23.1. The first-order valence-corrected chi connectivity index (χ1v) is 13.6. The third-order valence-electron chi connectivity index (χ3n) is 6.88. The average molecular weight is 585 g/mol. The van der Waals surface area contributed by atoms with Crippen molar-refractivity contribution in [2.75, 3.05) is 6.61 Å². The molecule has 0 amide bonds. The number of hydrogen-bond donors (Lipinski definition) is 1. The van der Waals surface area contributed by atoms with Gasteiger partial charge in [-0.05, 0) is 42.8 Å². The summed E-state index contributed by atoms with van der Waals surface area (Å²) in [6.45, 7) is 1.33. The first-order chi connectivity index (χ1) is 20.9. The topological polar surface area (TPSA) is 143 Å². The van der Waals surface area contributed by atoms with Crippen molar-refractivity contribution in [3.05, 3.63) is 140 Å². The normalized spacial score (nSPS) is 19.4. The number of H-pyrrole nitrogens is 1. The molecule has 4 aromatic rings. The summed E-state index contributed by atoms with van der Waals surface area (Å²) in [7, 11) is 0. The second-order valence-electron chi connectivity index (χ2n) is 9.68. The highest BCUT2D eigenvalue weighted by Gasteiger charge is 2.51. The lowest BCUT2D eigenvalue weighted by atomic mass is 10.1. The van der Waals surface area contributed by atoms with Crippen molar-refractivity contribution in [3.63, 3.8) is 0 Å². The predicted molar refractivity (Wildman–Crippen MR) is 153 cm³/mol. The molecule has 3 aromatic carbocycles. The number of hydrogen-bond acceptors (Lipinski definition) is 9. The zero-order valence-electron chi connectivity index (χ0n) is 23.1. The molecule has 1 fully saturated rings. The standard InChI is InChI=1S/C32H28N2O9/c1-2-20-18-34(32(39)33-27(20)35)28-26(43-31(38)23-16-10-5-11-17-23)25(42-30(37)22-14-8-4-9-15-22)24(41-28)19-40-29(36)21-12-6-3-7-13-21/h3-18,24-26,28H,2,19H2,1H3,(H,33,35,39). The molecule has 0 radical (unpaired) electrons. The molecule has 220 valence electrons. The Balaban J connectivity index is 1.53. The van der Waals surface area contributed by atoms with Gasteiger partial charge in [0.25, 0.3) is 5.56 Å². The monoisotopic (exact) mass is 584 g/mol. The van der Waals surface area contributed by atoms with Gasteiger partial charge in [0.1, 0.15) is 12.7 Å². The third-order valence-corrected chi connectivity index (χ3v) is 6.88. The number of aromatic nitrogens is 2. The van der Waals surface area contributed by atoms with Crippen molar-refractivity contribution in [3.8, 4) is 0 Å². The second-order valence-corrected chi connectivity index (χ2v) is 9.68. The molecule has 1 N–H and O–H groups in total. The quantitative estimate of drug-likeness (QED) is 0.232. The number of benzene rings is 3. The highest BCUT2D eigenvalue weighted by Crippen LogP contribution is 2.35. The van der Waals surface area contributed by atoms with E-state index in [0.29, 0.717) is 6.42 Å². The summed E-state index contributed by atoms with van der Waals surface area (Å²) in [4.78, 5) is 66.8. The highest BCUT2D eigenvalue weighted by molar-refractivity contribution is 5.91. The smallest absolute Gasteiger partial charge is 0.338 e. The lowest BCUT2D eigenvalue weighted by Gasteiger charge is -2.25. The fourth-order valence-corrected chi connectivity index (χ4v) is 4.65. The van der Waals surface area contributed by atoms with Gasteiger partial charge < -0.3 is 18.9 Å². The predicted octanol–water partition coefficient (Wildman–Crippen LogP) is 3.30. The lowest BCUT2D eigenvalue weighted by molar-refractivity contribution is -0.0641. The molecule has 0 spiro atoms. The number of aromatic amines is 1. The lowest BCUT2D eigenvalue weighted by Crippen LogP contribution is -2.43. The first-order valence-electron chi connectivity index (χ1n) is 13.6. The van der Waals surface area contributed by atoms with Crippen LogP contribution in [0.1, 0.15) is 49.8 Å². The molecule has 5 rings (SSSR count). The summed E-state index contributed by atoms with van der Waals surface area (Å²) in [5.74, 6) is -2.18. The maximum Gasteiger partial charge on any atom is 0.338 e. The van der Waals surface area contributed by atoms with Crippen molar-refractivity contribution in [1.29, 1.82) is 0 Å². The number of esters is 3. The summed E-state index contributed by atoms with van der Waals surface area (Å²) in [6, 6.07) is 24.5. The van der Waals surface area contributed by atoms with Crippen LogP contribution in [-0.4, -0.2) is 52.4 Å². The van der Waals surface area contributed by atoms with E-state index in [1.807, 2.05) is 0 Å². The molecule has 1 aliphatic rings. The van der Waals surface area contributed by atoms with E-state index in [0.717, 1.165) is 4.57 Å². The molecular formula is C32H28N2O9. The third kappa shape index (κ3) is 6.62. The van der Waals surface area contributed by atoms with Gasteiger partial charge in [0.05, 0.1) is 16.7 Å². The van der Waals surface area contributed by atoms with Gasteiger partial charge in [-0.25, -0.2) is 19.2 Å². The van der Waals surface area contributed by atoms with E-state index in [-0.39, 0.29) is 22.3 Å². The molecule has 4 unspecified atom stereocenters. The van der Waals surface area contributed by atoms with Gasteiger partial charge >= 0.3 is 23.6 Å². The van der Waals surface area contributed by atoms with Crippen LogP contribution in [0.4, 0.5) is 0 Å². The number of nitrogens with zero attached hydrogens (tertiary/aromatic N) is 1. The Hall–Kier alpha value is -5.29. The molecule has 1 saturated heterocycles. The molecule has 1 aromatic heterocycles. The molecule has 1 aliphatic heterocycles. The molecule has 0 saturated carbocycles. The van der Waals surface area contributed by atoms with E-state index >= 15 is 0 Å². The number of rotatable bonds is 9. The SMILES string of the molecule is CCc1cn(C2OC(COC(=O)c3ccccc3)C(OC(=O)c3ccccc3)C2OC(=O)c2ccccc2)c(=O)[nH]c1=O. The fourth-order valence-electron chi connectivity index (χ4n) is 4.65. The van der Waals surface area contributed by atoms with Gasteiger partial charge in [-0.2, -0.15) is 0 Å². The molecule has 0 bridgehead atoms. The summed E-state index contributed by atoms with van der Waals surface area (Å²) >= 11 is 0. The van der Waals surface area contributed by atoms with Crippen LogP contribution in [0.2, 0.25) is 0 Å². The van der Waals surface area contributed by atoms with E-state index in [1.54, 1.807) is 97.9 Å². The Morgan fingerprint density at radius 3 is 1.74 bits per heavy atom. The Morgan fingerprint density at radius 2 is 1.23 bits per heavy atom. The Bertz CT molecular complexity index is 1700. The van der Waals surface area contributed by atoms with Crippen molar-refractivity contribution in [2.45, 2.75) is 37.9 Å². The fraction of sp³-hybridized carbons (Fsp3) is 0.219. The minimum atomic E-state index is -1.38. The van der Waals surface area contributed by atoms with Crippen LogP contribution < -0.4 is 11.2 Å². The maximum atomic E-state index is 13.2. The molecule has 43 heavy (non-hydrogen) atoms. The molecule has 2 heterocycles. The molecule has 11 nitrogen and oxygen atoms in total. The summed E-state index contributed by atoms with van der Waals surface area (Å²) < 4.78 is 24.5. The van der Waals surface area contributed by atoms with Gasteiger partial charge in [0, 0.05) is 11.8 Å². The van der Waals surface area contributed by atoms with Crippen LogP contribution in [0.15, 0.2) is 107 Å². The van der Waals surface area contributed by atoms with E-state index in [2.05, 4.69) is 4.98 Å². The number of nitrogens with one attached hydrogen (secondary N) is 1. The van der Waals surface area contributed by atoms with E-state index in [9.17, 15) is 24.0 Å². The average Bonchev–Trinajstić information content (AvgIpc) is 3.36. The van der Waals surface area contributed by atoms with Gasteiger partial charge in [-0.1, -0.05) is 61.5 Å². The minimum Gasteiger partial charge on any atom is -0.459 e. The minimum absolute atomic E-state index is 0.205. The van der Waals surface area contributed by atoms with E-state index in [4.69, 9.17) is 18.9 Å². The summed E-state index contributed by atoms with van der Waals surface area (Å²) in [6.07, 6.45) is -3.61. The number of carbonyl (C=O) groups excluding carboxylic acids is 3.